The number of nitrogens with one attached hydrogen (secondary N) is 1. The van der Waals surface area contributed by atoms with Gasteiger partial charge in [-0.05, 0) is 31.0 Å². The van der Waals surface area contributed by atoms with Crippen molar-refractivity contribution in [1.82, 2.24) is 0 Å². The monoisotopic (exact) mass is 237 g/mol. The Morgan fingerprint density at radius 2 is 2.12 bits per heavy atom. The van der Waals surface area contributed by atoms with Gasteiger partial charge in [0, 0.05) is 18.8 Å². The Balaban J connectivity index is 2.13. The fraction of sp³-hybridized carbons (Fsp3) is 0.417. The molecule has 0 unspecified atom stereocenters. The van der Waals surface area contributed by atoms with Crippen molar-refractivity contribution in [3.8, 4) is 0 Å². The summed E-state index contributed by atoms with van der Waals surface area (Å²) in [4.78, 5) is 13.2. The highest BCUT2D eigenvalue weighted by atomic mass is 19.1. The Hall–Kier alpha value is -1.62. The first-order chi connectivity index (χ1) is 8.20. The lowest BCUT2D eigenvalue weighted by molar-refractivity contribution is -0.114. The summed E-state index contributed by atoms with van der Waals surface area (Å²) in [6, 6.07) is 4.86. The fourth-order valence-electron chi connectivity index (χ4n) is 1.98. The van der Waals surface area contributed by atoms with Crippen LogP contribution in [0.15, 0.2) is 18.2 Å². The molecule has 1 heterocycles. The molecule has 1 aromatic rings. The zero-order valence-electron chi connectivity index (χ0n) is 9.58. The highest BCUT2D eigenvalue weighted by Crippen LogP contribution is 2.24. The number of nitrogens with zero attached hydrogens (tertiary/aromatic N) is 1. The summed E-state index contributed by atoms with van der Waals surface area (Å²) in [5, 5.41) is 2.42. The predicted molar refractivity (Wildman–Crippen MR) is 65.5 cm³/mol. The minimum absolute atomic E-state index is 0.146. The third kappa shape index (κ3) is 2.74. The van der Waals surface area contributed by atoms with Gasteiger partial charge in [-0.1, -0.05) is 0 Å². The normalized spacial score (nSPS) is 15.1. The lowest BCUT2D eigenvalue weighted by atomic mass is 10.2. The van der Waals surface area contributed by atoms with Crippen LogP contribution in [0.5, 0.6) is 0 Å². The van der Waals surface area contributed by atoms with Crippen LogP contribution in [-0.2, 0) is 4.79 Å². The minimum atomic E-state index is -0.420. The highest BCUT2D eigenvalue weighted by Gasteiger charge is 2.14. The molecule has 0 radical (unpaired) electrons. The van der Waals surface area contributed by atoms with Crippen molar-refractivity contribution < 1.29 is 9.18 Å². The van der Waals surface area contributed by atoms with Gasteiger partial charge in [-0.15, -0.1) is 0 Å². The first-order valence-electron chi connectivity index (χ1n) is 5.75. The van der Waals surface area contributed by atoms with Crippen LogP contribution in [0, 0.1) is 5.82 Å². The van der Waals surface area contributed by atoms with Gasteiger partial charge in [0.25, 0.3) is 0 Å². The van der Waals surface area contributed by atoms with E-state index in [2.05, 4.69) is 10.2 Å². The van der Waals surface area contributed by atoms with E-state index < -0.39 is 11.7 Å². The van der Waals surface area contributed by atoms with E-state index >= 15 is 0 Å². The van der Waals surface area contributed by atoms with Crippen LogP contribution in [0.4, 0.5) is 15.8 Å². The van der Waals surface area contributed by atoms with Gasteiger partial charge >= 0.3 is 0 Å². The molecule has 1 amide bonds. The molecular formula is C12H16FN3O. The molecule has 1 aliphatic heterocycles. The molecule has 5 heteroatoms. The number of carbonyl (C=O) groups excluding carboxylic acids is 1. The first kappa shape index (κ1) is 11.9. The van der Waals surface area contributed by atoms with Crippen LogP contribution in [-0.4, -0.2) is 25.5 Å². The van der Waals surface area contributed by atoms with Crippen LogP contribution in [0.1, 0.15) is 12.8 Å². The number of halogens is 1. The second-order valence-corrected chi connectivity index (χ2v) is 4.11. The third-order valence-electron chi connectivity index (χ3n) is 2.88. The lowest BCUT2D eigenvalue weighted by Gasteiger charge is -2.18. The maximum Gasteiger partial charge on any atom is 0.238 e. The second kappa shape index (κ2) is 5.14. The third-order valence-corrected chi connectivity index (χ3v) is 2.88. The molecule has 0 bridgehead atoms. The average molecular weight is 237 g/mol. The first-order valence-corrected chi connectivity index (χ1v) is 5.75. The molecule has 4 nitrogen and oxygen atoms in total. The van der Waals surface area contributed by atoms with E-state index in [-0.39, 0.29) is 12.2 Å². The molecule has 0 aromatic heterocycles. The quantitative estimate of drug-likeness (QED) is 0.833. The van der Waals surface area contributed by atoms with E-state index in [0.29, 0.717) is 0 Å². The largest absolute Gasteiger partial charge is 0.371 e. The van der Waals surface area contributed by atoms with E-state index in [9.17, 15) is 9.18 Å². The summed E-state index contributed by atoms with van der Waals surface area (Å²) in [5.74, 6) is -0.811. The summed E-state index contributed by atoms with van der Waals surface area (Å²) in [7, 11) is 0. The molecule has 1 aliphatic rings. The van der Waals surface area contributed by atoms with Crippen LogP contribution in [0.2, 0.25) is 0 Å². The Labute approximate surface area is 99.6 Å². The highest BCUT2D eigenvalue weighted by molar-refractivity contribution is 5.92. The summed E-state index contributed by atoms with van der Waals surface area (Å²) in [5.41, 5.74) is 6.21. The van der Waals surface area contributed by atoms with Crippen molar-refractivity contribution in [2.75, 3.05) is 29.9 Å². The van der Waals surface area contributed by atoms with Gasteiger partial charge in [0.05, 0.1) is 12.2 Å². The van der Waals surface area contributed by atoms with Crippen molar-refractivity contribution in [2.45, 2.75) is 12.8 Å². The number of anilines is 2. The van der Waals surface area contributed by atoms with Gasteiger partial charge in [-0.2, -0.15) is 0 Å². The molecule has 1 saturated heterocycles. The van der Waals surface area contributed by atoms with Crippen molar-refractivity contribution in [3.05, 3.63) is 24.0 Å². The summed E-state index contributed by atoms with van der Waals surface area (Å²) in [6.45, 7) is 1.79. The molecule has 92 valence electrons. The van der Waals surface area contributed by atoms with Gasteiger partial charge in [-0.25, -0.2) is 4.39 Å². The zero-order chi connectivity index (χ0) is 12.3. The maximum absolute atomic E-state index is 13.7. The van der Waals surface area contributed by atoms with Crippen LogP contribution in [0.25, 0.3) is 0 Å². The van der Waals surface area contributed by atoms with Crippen molar-refractivity contribution in [1.29, 1.82) is 0 Å². The van der Waals surface area contributed by atoms with E-state index in [0.717, 1.165) is 31.6 Å². The number of hydrogen-bond donors (Lipinski definition) is 2. The van der Waals surface area contributed by atoms with Gasteiger partial charge < -0.3 is 16.0 Å². The number of amides is 1. The number of rotatable bonds is 3. The van der Waals surface area contributed by atoms with Crippen LogP contribution >= 0.6 is 0 Å². The van der Waals surface area contributed by atoms with Crippen molar-refractivity contribution in [3.63, 3.8) is 0 Å². The van der Waals surface area contributed by atoms with Crippen LogP contribution < -0.4 is 16.0 Å². The molecule has 1 aromatic carbocycles. The smallest absolute Gasteiger partial charge is 0.238 e. The van der Waals surface area contributed by atoms with E-state index in [1.165, 1.54) is 6.07 Å². The SMILES string of the molecule is NCC(=O)Nc1ccc(N2CCCC2)cc1F. The van der Waals surface area contributed by atoms with Gasteiger partial charge in [-0.3, -0.25) is 4.79 Å². The Bertz CT molecular complexity index is 416. The predicted octanol–water partition coefficient (Wildman–Crippen LogP) is 1.32. The number of nitrogens with two attached hydrogens (primary N) is 1. The molecule has 3 N–H and O–H groups in total. The van der Waals surface area contributed by atoms with Gasteiger partial charge in [0.15, 0.2) is 0 Å². The molecule has 0 aliphatic carbocycles. The molecule has 0 spiro atoms. The molecular weight excluding hydrogens is 221 g/mol. The Kier molecular flexibility index (Phi) is 3.58. The zero-order valence-corrected chi connectivity index (χ0v) is 9.58. The Morgan fingerprint density at radius 3 is 2.71 bits per heavy atom. The number of benzene rings is 1. The van der Waals surface area contributed by atoms with Crippen LogP contribution in [0.3, 0.4) is 0 Å². The lowest BCUT2D eigenvalue weighted by Crippen LogP contribution is -2.23. The maximum atomic E-state index is 13.7. The van der Waals surface area contributed by atoms with E-state index in [1.807, 2.05) is 6.07 Å². The molecule has 2 rings (SSSR count). The standard InChI is InChI=1S/C12H16FN3O/c13-10-7-9(16-5-1-2-6-16)3-4-11(10)15-12(17)8-14/h3-4,7H,1-2,5-6,8,14H2,(H,15,17). The topological polar surface area (TPSA) is 58.4 Å². The summed E-state index contributed by atoms with van der Waals surface area (Å²) < 4.78 is 13.7. The molecule has 0 atom stereocenters. The second-order valence-electron chi connectivity index (χ2n) is 4.11. The minimum Gasteiger partial charge on any atom is -0.371 e. The van der Waals surface area contributed by atoms with Gasteiger partial charge in [0.1, 0.15) is 5.82 Å². The summed E-state index contributed by atoms with van der Waals surface area (Å²) >= 11 is 0. The molecule has 17 heavy (non-hydrogen) atoms. The van der Waals surface area contributed by atoms with Gasteiger partial charge in [0.2, 0.25) is 5.91 Å². The molecule has 1 fully saturated rings. The number of carbonyl (C=O) groups is 1. The van der Waals surface area contributed by atoms with Crippen molar-refractivity contribution in [2.24, 2.45) is 5.73 Å². The van der Waals surface area contributed by atoms with E-state index in [1.54, 1.807) is 6.07 Å². The van der Waals surface area contributed by atoms with Crippen molar-refractivity contribution >= 4 is 17.3 Å². The fourth-order valence-corrected chi connectivity index (χ4v) is 1.98. The average Bonchev–Trinajstić information content (AvgIpc) is 2.85. The number of hydrogen-bond acceptors (Lipinski definition) is 3. The summed E-state index contributed by atoms with van der Waals surface area (Å²) in [6.07, 6.45) is 2.29. The molecule has 0 saturated carbocycles. The Morgan fingerprint density at radius 1 is 1.41 bits per heavy atom. The van der Waals surface area contributed by atoms with E-state index in [4.69, 9.17) is 5.73 Å².